The van der Waals surface area contributed by atoms with Crippen LogP contribution in [0.4, 0.5) is 5.69 Å². The molecule has 3 rings (SSSR count). The number of nitrogens with zero attached hydrogens (tertiary/aromatic N) is 1. The van der Waals surface area contributed by atoms with Gasteiger partial charge in [0.15, 0.2) is 5.11 Å². The SMILES string of the molecule is C[C@H](NC(=S)Nc1cccc(S(=O)(=O)N(C)C)c1)c1cccc2ccccc12. The molecule has 0 bridgehead atoms. The lowest BCUT2D eigenvalue weighted by Crippen LogP contribution is -2.31. The first kappa shape index (κ1) is 20.3. The fourth-order valence-corrected chi connectivity index (χ4v) is 4.26. The number of benzene rings is 3. The van der Waals surface area contributed by atoms with Gasteiger partial charge in [0.25, 0.3) is 0 Å². The highest BCUT2D eigenvalue weighted by Crippen LogP contribution is 2.24. The van der Waals surface area contributed by atoms with Crippen LogP contribution in [-0.2, 0) is 10.0 Å². The summed E-state index contributed by atoms with van der Waals surface area (Å²) in [5.41, 5.74) is 1.76. The summed E-state index contributed by atoms with van der Waals surface area (Å²) >= 11 is 5.44. The number of sulfonamides is 1. The molecule has 0 saturated heterocycles. The number of nitrogens with one attached hydrogen (secondary N) is 2. The maximum atomic E-state index is 12.3. The van der Waals surface area contributed by atoms with E-state index in [1.165, 1.54) is 29.2 Å². The van der Waals surface area contributed by atoms with Crippen LogP contribution in [0.1, 0.15) is 18.5 Å². The highest BCUT2D eigenvalue weighted by Gasteiger charge is 2.17. The predicted molar refractivity (Wildman–Crippen MR) is 119 cm³/mol. The van der Waals surface area contributed by atoms with E-state index in [2.05, 4.69) is 34.9 Å². The van der Waals surface area contributed by atoms with E-state index in [0.29, 0.717) is 10.8 Å². The second-order valence-corrected chi connectivity index (χ2v) is 9.26. The Kier molecular flexibility index (Phi) is 5.98. The Morgan fingerprint density at radius 2 is 1.68 bits per heavy atom. The Labute approximate surface area is 171 Å². The van der Waals surface area contributed by atoms with E-state index < -0.39 is 10.0 Å². The third-order valence-electron chi connectivity index (χ3n) is 4.51. The molecule has 0 aliphatic rings. The molecule has 0 spiro atoms. The van der Waals surface area contributed by atoms with Crippen molar-refractivity contribution in [2.75, 3.05) is 19.4 Å². The first-order valence-electron chi connectivity index (χ1n) is 8.87. The van der Waals surface area contributed by atoms with E-state index in [1.54, 1.807) is 24.3 Å². The number of rotatable bonds is 5. The van der Waals surface area contributed by atoms with Gasteiger partial charge in [-0.2, -0.15) is 0 Å². The Balaban J connectivity index is 1.76. The minimum absolute atomic E-state index is 0.0141. The van der Waals surface area contributed by atoms with Gasteiger partial charge in [-0.25, -0.2) is 12.7 Å². The summed E-state index contributed by atoms with van der Waals surface area (Å²) in [7, 11) is -0.481. The fraction of sp³-hybridized carbons (Fsp3) is 0.190. The summed E-state index contributed by atoms with van der Waals surface area (Å²) < 4.78 is 25.8. The molecule has 1 atom stereocenters. The fourth-order valence-electron chi connectivity index (χ4n) is 3.01. The molecule has 0 radical (unpaired) electrons. The predicted octanol–water partition coefficient (Wildman–Crippen LogP) is 4.14. The van der Waals surface area contributed by atoms with Crippen molar-refractivity contribution in [3.63, 3.8) is 0 Å². The molecule has 0 fully saturated rings. The van der Waals surface area contributed by atoms with Crippen molar-refractivity contribution in [3.8, 4) is 0 Å². The molecule has 0 aliphatic heterocycles. The molecule has 0 unspecified atom stereocenters. The lowest BCUT2D eigenvalue weighted by atomic mass is 10.00. The molecule has 0 aliphatic carbocycles. The van der Waals surface area contributed by atoms with Gasteiger partial charge in [-0.15, -0.1) is 0 Å². The van der Waals surface area contributed by atoms with E-state index in [0.717, 1.165) is 5.56 Å². The van der Waals surface area contributed by atoms with Crippen molar-refractivity contribution in [1.29, 1.82) is 0 Å². The smallest absolute Gasteiger partial charge is 0.242 e. The first-order valence-corrected chi connectivity index (χ1v) is 10.7. The number of hydrogen-bond donors (Lipinski definition) is 2. The van der Waals surface area contributed by atoms with E-state index in [9.17, 15) is 8.42 Å². The van der Waals surface area contributed by atoms with Crippen LogP contribution in [0.3, 0.4) is 0 Å². The lowest BCUT2D eigenvalue weighted by Gasteiger charge is -2.19. The van der Waals surface area contributed by atoms with Crippen LogP contribution in [0, 0.1) is 0 Å². The number of anilines is 1. The average molecular weight is 414 g/mol. The van der Waals surface area contributed by atoms with E-state index in [4.69, 9.17) is 12.2 Å². The van der Waals surface area contributed by atoms with Crippen molar-refractivity contribution >= 4 is 43.8 Å². The molecule has 146 valence electrons. The molecule has 0 amide bonds. The van der Waals surface area contributed by atoms with Crippen LogP contribution < -0.4 is 10.6 Å². The van der Waals surface area contributed by atoms with Gasteiger partial charge in [0.2, 0.25) is 10.0 Å². The second-order valence-electron chi connectivity index (χ2n) is 6.70. The van der Waals surface area contributed by atoms with Gasteiger partial charge in [0.05, 0.1) is 10.9 Å². The van der Waals surface area contributed by atoms with Crippen molar-refractivity contribution in [2.45, 2.75) is 17.9 Å². The topological polar surface area (TPSA) is 61.4 Å². The third kappa shape index (κ3) is 4.32. The van der Waals surface area contributed by atoms with Crippen molar-refractivity contribution in [2.24, 2.45) is 0 Å². The van der Waals surface area contributed by atoms with Crippen LogP contribution in [0.25, 0.3) is 10.8 Å². The van der Waals surface area contributed by atoms with Gasteiger partial charge < -0.3 is 10.6 Å². The van der Waals surface area contributed by atoms with E-state index in [-0.39, 0.29) is 10.9 Å². The number of thiocarbonyl (C=S) groups is 1. The summed E-state index contributed by atoms with van der Waals surface area (Å²) in [5, 5.41) is 9.14. The van der Waals surface area contributed by atoms with Crippen LogP contribution >= 0.6 is 12.2 Å². The molecule has 0 heterocycles. The molecule has 28 heavy (non-hydrogen) atoms. The quantitative estimate of drug-likeness (QED) is 0.616. The summed E-state index contributed by atoms with van der Waals surface area (Å²) in [6.07, 6.45) is 0. The summed E-state index contributed by atoms with van der Waals surface area (Å²) in [5.74, 6) is 0. The van der Waals surface area contributed by atoms with Gasteiger partial charge in [-0.05, 0) is 53.7 Å². The van der Waals surface area contributed by atoms with Gasteiger partial charge in [0.1, 0.15) is 0 Å². The van der Waals surface area contributed by atoms with Crippen LogP contribution in [0.15, 0.2) is 71.6 Å². The lowest BCUT2D eigenvalue weighted by molar-refractivity contribution is 0.521. The average Bonchev–Trinajstić information content (AvgIpc) is 2.67. The maximum absolute atomic E-state index is 12.3. The third-order valence-corrected chi connectivity index (χ3v) is 6.54. The summed E-state index contributed by atoms with van der Waals surface area (Å²) in [6, 6.07) is 21.0. The van der Waals surface area contributed by atoms with Gasteiger partial charge in [-0.3, -0.25) is 0 Å². The largest absolute Gasteiger partial charge is 0.356 e. The van der Waals surface area contributed by atoms with Crippen molar-refractivity contribution < 1.29 is 8.42 Å². The molecule has 0 aromatic heterocycles. The molecule has 0 saturated carbocycles. The summed E-state index contributed by atoms with van der Waals surface area (Å²) in [6.45, 7) is 2.04. The number of fused-ring (bicyclic) bond motifs is 1. The zero-order chi connectivity index (χ0) is 20.3. The van der Waals surface area contributed by atoms with Crippen LogP contribution in [-0.4, -0.2) is 31.9 Å². The van der Waals surface area contributed by atoms with E-state index in [1.807, 2.05) is 25.1 Å². The molecule has 3 aromatic rings. The zero-order valence-electron chi connectivity index (χ0n) is 16.0. The van der Waals surface area contributed by atoms with E-state index >= 15 is 0 Å². The monoisotopic (exact) mass is 413 g/mol. The van der Waals surface area contributed by atoms with Crippen molar-refractivity contribution in [1.82, 2.24) is 9.62 Å². The first-order chi connectivity index (χ1) is 13.3. The van der Waals surface area contributed by atoms with Crippen molar-refractivity contribution in [3.05, 3.63) is 72.3 Å². The molecular formula is C21H23N3O2S2. The van der Waals surface area contributed by atoms with Gasteiger partial charge in [0, 0.05) is 19.8 Å². The Hall–Kier alpha value is -2.48. The Bertz CT molecular complexity index is 1110. The normalized spacial score (nSPS) is 12.7. The zero-order valence-corrected chi connectivity index (χ0v) is 17.6. The van der Waals surface area contributed by atoms with Gasteiger partial charge >= 0.3 is 0 Å². The molecular weight excluding hydrogens is 390 g/mol. The molecule has 2 N–H and O–H groups in total. The van der Waals surface area contributed by atoms with Gasteiger partial charge in [-0.1, -0.05) is 48.5 Å². The minimum atomic E-state index is -3.50. The van der Waals surface area contributed by atoms with Crippen LogP contribution in [0.2, 0.25) is 0 Å². The molecule has 7 heteroatoms. The number of hydrogen-bond acceptors (Lipinski definition) is 3. The Morgan fingerprint density at radius 3 is 2.43 bits per heavy atom. The highest BCUT2D eigenvalue weighted by atomic mass is 32.2. The molecule has 3 aromatic carbocycles. The molecule has 5 nitrogen and oxygen atoms in total. The second kappa shape index (κ2) is 8.26. The highest BCUT2D eigenvalue weighted by molar-refractivity contribution is 7.89. The summed E-state index contributed by atoms with van der Waals surface area (Å²) in [4.78, 5) is 0.215. The Morgan fingerprint density at radius 1 is 1.00 bits per heavy atom. The van der Waals surface area contributed by atoms with Crippen LogP contribution in [0.5, 0.6) is 0 Å². The standard InChI is InChI=1S/C21H23N3O2S2/c1-15(19-13-6-9-16-8-4-5-12-20(16)19)22-21(27)23-17-10-7-11-18(14-17)28(25,26)24(2)3/h4-15H,1-3H3,(H2,22,23,27)/t15-/m0/s1. The maximum Gasteiger partial charge on any atom is 0.242 e. The minimum Gasteiger partial charge on any atom is -0.356 e.